The van der Waals surface area contributed by atoms with E-state index >= 15 is 0 Å². The normalized spacial score (nSPS) is 27.2. The molecular formula is C19H25ClN2O3. The number of nitrogens with zero attached hydrogens (tertiary/aromatic N) is 2. The fourth-order valence-electron chi connectivity index (χ4n) is 3.75. The third-order valence-electron chi connectivity index (χ3n) is 4.88. The lowest BCUT2D eigenvalue weighted by Gasteiger charge is -2.39. The monoisotopic (exact) mass is 364 g/mol. The van der Waals surface area contributed by atoms with Crippen LogP contribution in [-0.2, 0) is 9.53 Å². The lowest BCUT2D eigenvalue weighted by atomic mass is 9.95. The lowest BCUT2D eigenvalue weighted by molar-refractivity contribution is -0.148. The van der Waals surface area contributed by atoms with Crippen molar-refractivity contribution in [2.24, 2.45) is 5.92 Å². The number of hydrogen-bond donors (Lipinski definition) is 0. The van der Waals surface area contributed by atoms with Crippen LogP contribution in [0.4, 0.5) is 0 Å². The summed E-state index contributed by atoms with van der Waals surface area (Å²) in [6.07, 6.45) is 1.81. The molecule has 6 heteroatoms. The van der Waals surface area contributed by atoms with Gasteiger partial charge in [0.15, 0.2) is 0 Å². The molecule has 136 valence electrons. The summed E-state index contributed by atoms with van der Waals surface area (Å²) < 4.78 is 5.71. The van der Waals surface area contributed by atoms with Gasteiger partial charge in [-0.2, -0.15) is 0 Å². The fourth-order valence-corrected chi connectivity index (χ4v) is 3.88. The van der Waals surface area contributed by atoms with Gasteiger partial charge in [0, 0.05) is 36.8 Å². The first-order valence-corrected chi connectivity index (χ1v) is 9.31. The molecule has 2 saturated heterocycles. The summed E-state index contributed by atoms with van der Waals surface area (Å²) in [7, 11) is 0. The molecule has 2 heterocycles. The van der Waals surface area contributed by atoms with E-state index in [2.05, 4.69) is 0 Å². The van der Waals surface area contributed by atoms with Crippen molar-refractivity contribution in [2.45, 2.75) is 38.9 Å². The molecule has 2 aliphatic heterocycles. The minimum atomic E-state index is -0.123. The molecule has 0 saturated carbocycles. The van der Waals surface area contributed by atoms with Crippen LogP contribution in [0.3, 0.4) is 0 Å². The average Bonchev–Trinajstić information content (AvgIpc) is 2.60. The van der Waals surface area contributed by atoms with Gasteiger partial charge in [0.1, 0.15) is 0 Å². The van der Waals surface area contributed by atoms with E-state index in [9.17, 15) is 9.59 Å². The van der Waals surface area contributed by atoms with Gasteiger partial charge in [0.05, 0.1) is 18.1 Å². The number of ether oxygens (including phenoxy) is 1. The maximum Gasteiger partial charge on any atom is 0.253 e. The molecule has 3 rings (SSSR count). The molecule has 0 aliphatic carbocycles. The van der Waals surface area contributed by atoms with Crippen LogP contribution in [0.1, 0.15) is 37.0 Å². The van der Waals surface area contributed by atoms with Crippen LogP contribution in [-0.4, -0.2) is 60.0 Å². The second kappa shape index (κ2) is 7.75. The molecule has 3 unspecified atom stereocenters. The highest BCUT2D eigenvalue weighted by atomic mass is 35.5. The first-order valence-electron chi connectivity index (χ1n) is 8.93. The SMILES string of the molecule is CC1CN(C(=O)C2CCCN(C(=O)c3ccc(Cl)cc3)C2)CC(C)O1. The van der Waals surface area contributed by atoms with Gasteiger partial charge in [-0.1, -0.05) is 11.6 Å². The van der Waals surface area contributed by atoms with E-state index in [4.69, 9.17) is 16.3 Å². The van der Waals surface area contributed by atoms with Gasteiger partial charge in [-0.05, 0) is 51.0 Å². The van der Waals surface area contributed by atoms with Crippen LogP contribution >= 0.6 is 11.6 Å². The minimum Gasteiger partial charge on any atom is -0.372 e. The Labute approximate surface area is 153 Å². The van der Waals surface area contributed by atoms with Gasteiger partial charge in [0.25, 0.3) is 5.91 Å². The second-order valence-corrected chi connectivity index (χ2v) is 7.53. The lowest BCUT2D eigenvalue weighted by Crippen LogP contribution is -2.53. The number of hydrogen-bond acceptors (Lipinski definition) is 3. The fraction of sp³-hybridized carbons (Fsp3) is 0.579. The summed E-state index contributed by atoms with van der Waals surface area (Å²) in [5, 5.41) is 0.610. The highest BCUT2D eigenvalue weighted by Gasteiger charge is 2.34. The summed E-state index contributed by atoms with van der Waals surface area (Å²) in [5.41, 5.74) is 0.617. The Kier molecular flexibility index (Phi) is 5.64. The van der Waals surface area contributed by atoms with E-state index in [0.717, 1.165) is 12.8 Å². The quantitative estimate of drug-likeness (QED) is 0.810. The summed E-state index contributed by atoms with van der Waals surface area (Å²) in [5.74, 6) is -0.00372. The number of morpholine rings is 1. The van der Waals surface area contributed by atoms with E-state index in [-0.39, 0.29) is 29.9 Å². The maximum atomic E-state index is 12.9. The van der Waals surface area contributed by atoms with Crippen molar-refractivity contribution in [2.75, 3.05) is 26.2 Å². The van der Waals surface area contributed by atoms with Crippen LogP contribution < -0.4 is 0 Å². The summed E-state index contributed by atoms with van der Waals surface area (Å²) in [6, 6.07) is 6.92. The molecule has 1 aromatic rings. The molecule has 0 spiro atoms. The third kappa shape index (κ3) is 4.33. The molecule has 2 amide bonds. The highest BCUT2D eigenvalue weighted by molar-refractivity contribution is 6.30. The minimum absolute atomic E-state index is 0.0297. The third-order valence-corrected chi connectivity index (χ3v) is 5.13. The Morgan fingerprint density at radius 2 is 1.68 bits per heavy atom. The van der Waals surface area contributed by atoms with Crippen LogP contribution in [0, 0.1) is 5.92 Å². The van der Waals surface area contributed by atoms with E-state index < -0.39 is 0 Å². The molecule has 0 radical (unpaired) electrons. The summed E-state index contributed by atoms with van der Waals surface area (Å²) >= 11 is 5.89. The average molecular weight is 365 g/mol. The molecule has 0 bridgehead atoms. The van der Waals surface area contributed by atoms with Crippen molar-refractivity contribution in [3.8, 4) is 0 Å². The second-order valence-electron chi connectivity index (χ2n) is 7.10. The van der Waals surface area contributed by atoms with Gasteiger partial charge in [-0.3, -0.25) is 9.59 Å². The Bertz CT molecular complexity index is 624. The van der Waals surface area contributed by atoms with Gasteiger partial charge < -0.3 is 14.5 Å². The summed E-state index contributed by atoms with van der Waals surface area (Å²) in [4.78, 5) is 29.3. The first kappa shape index (κ1) is 18.2. The zero-order valence-electron chi connectivity index (χ0n) is 14.8. The largest absolute Gasteiger partial charge is 0.372 e. The number of piperidine rings is 1. The van der Waals surface area contributed by atoms with Crippen LogP contribution in [0.2, 0.25) is 5.02 Å². The van der Waals surface area contributed by atoms with Crippen molar-refractivity contribution in [1.29, 1.82) is 0 Å². The standard InChI is InChI=1S/C19H25ClN2O3/c1-13-10-22(11-14(2)25-13)19(24)16-4-3-9-21(12-16)18(23)15-5-7-17(20)8-6-15/h5-8,13-14,16H,3-4,9-12H2,1-2H3. The van der Waals surface area contributed by atoms with Crippen molar-refractivity contribution < 1.29 is 14.3 Å². The van der Waals surface area contributed by atoms with E-state index in [1.165, 1.54) is 0 Å². The molecule has 0 aromatic heterocycles. The number of benzene rings is 1. The van der Waals surface area contributed by atoms with Gasteiger partial charge in [0.2, 0.25) is 5.91 Å². The van der Waals surface area contributed by atoms with Gasteiger partial charge >= 0.3 is 0 Å². The zero-order chi connectivity index (χ0) is 18.0. The van der Waals surface area contributed by atoms with E-state index in [1.54, 1.807) is 29.2 Å². The molecular weight excluding hydrogens is 340 g/mol. The predicted octanol–water partition coefficient (Wildman–Crippen LogP) is 2.83. The van der Waals surface area contributed by atoms with Crippen molar-refractivity contribution >= 4 is 23.4 Å². The molecule has 25 heavy (non-hydrogen) atoms. The Balaban J connectivity index is 1.65. The number of halogens is 1. The molecule has 2 fully saturated rings. The number of carbonyl (C=O) groups excluding carboxylic acids is 2. The van der Waals surface area contributed by atoms with Crippen LogP contribution in [0.15, 0.2) is 24.3 Å². The van der Waals surface area contributed by atoms with Crippen LogP contribution in [0.5, 0.6) is 0 Å². The Hall–Kier alpha value is -1.59. The first-order chi connectivity index (χ1) is 11.9. The van der Waals surface area contributed by atoms with E-state index in [0.29, 0.717) is 36.8 Å². The van der Waals surface area contributed by atoms with Gasteiger partial charge in [-0.25, -0.2) is 0 Å². The smallest absolute Gasteiger partial charge is 0.253 e. The molecule has 1 aromatic carbocycles. The number of carbonyl (C=O) groups is 2. The summed E-state index contributed by atoms with van der Waals surface area (Å²) in [6.45, 7) is 6.43. The van der Waals surface area contributed by atoms with Crippen molar-refractivity contribution in [1.82, 2.24) is 9.80 Å². The predicted molar refractivity (Wildman–Crippen MR) is 96.7 cm³/mol. The number of amides is 2. The highest BCUT2D eigenvalue weighted by Crippen LogP contribution is 2.23. The van der Waals surface area contributed by atoms with Gasteiger partial charge in [-0.15, -0.1) is 0 Å². The van der Waals surface area contributed by atoms with Crippen LogP contribution in [0.25, 0.3) is 0 Å². The molecule has 0 N–H and O–H groups in total. The topological polar surface area (TPSA) is 49.9 Å². The number of likely N-dealkylation sites (tertiary alicyclic amines) is 1. The molecule has 2 aliphatic rings. The van der Waals surface area contributed by atoms with Crippen molar-refractivity contribution in [3.63, 3.8) is 0 Å². The van der Waals surface area contributed by atoms with Crippen molar-refractivity contribution in [3.05, 3.63) is 34.9 Å². The Morgan fingerprint density at radius 3 is 2.32 bits per heavy atom. The molecule has 5 nitrogen and oxygen atoms in total. The number of rotatable bonds is 2. The Morgan fingerprint density at radius 1 is 1.04 bits per heavy atom. The van der Waals surface area contributed by atoms with E-state index in [1.807, 2.05) is 18.7 Å². The molecule has 3 atom stereocenters. The maximum absolute atomic E-state index is 12.9. The zero-order valence-corrected chi connectivity index (χ0v) is 15.5.